The van der Waals surface area contributed by atoms with Gasteiger partial charge in [0.15, 0.2) is 5.69 Å². The zero-order chi connectivity index (χ0) is 19.9. The van der Waals surface area contributed by atoms with Crippen molar-refractivity contribution in [1.29, 1.82) is 0 Å². The van der Waals surface area contributed by atoms with E-state index in [0.717, 1.165) is 11.5 Å². The molecule has 1 aromatic carbocycles. The highest BCUT2D eigenvalue weighted by Crippen LogP contribution is 2.48. The lowest BCUT2D eigenvalue weighted by atomic mass is 9.74. The summed E-state index contributed by atoms with van der Waals surface area (Å²) >= 11 is 0. The number of carbonyl (C=O) groups is 1. The Hall–Kier alpha value is -3.07. The Labute approximate surface area is 161 Å². The molecule has 0 aliphatic carbocycles. The van der Waals surface area contributed by atoms with E-state index in [-0.39, 0.29) is 28.9 Å². The van der Waals surface area contributed by atoms with Gasteiger partial charge >= 0.3 is 0 Å². The Balaban J connectivity index is 1.65. The van der Waals surface area contributed by atoms with Gasteiger partial charge in [-0.15, -0.1) is 5.10 Å². The summed E-state index contributed by atoms with van der Waals surface area (Å²) < 4.78 is 16.7. The number of aromatic nitrogens is 5. The molecule has 3 aromatic rings. The molecule has 0 bridgehead atoms. The zero-order valence-electron chi connectivity index (χ0n) is 15.8. The predicted octanol–water partition coefficient (Wildman–Crippen LogP) is 1.78. The first kappa shape index (κ1) is 18.3. The summed E-state index contributed by atoms with van der Waals surface area (Å²) in [4.78, 5) is 19.3. The van der Waals surface area contributed by atoms with Crippen LogP contribution in [0.15, 0.2) is 42.9 Å². The molecule has 2 aromatic heterocycles. The number of rotatable bonds is 5. The van der Waals surface area contributed by atoms with Crippen molar-refractivity contribution in [3.8, 4) is 5.69 Å². The Morgan fingerprint density at radius 3 is 2.75 bits per heavy atom. The minimum atomic E-state index is -0.299. The van der Waals surface area contributed by atoms with Crippen LogP contribution in [0.5, 0.6) is 0 Å². The van der Waals surface area contributed by atoms with Crippen molar-refractivity contribution in [2.45, 2.75) is 26.4 Å². The van der Waals surface area contributed by atoms with Crippen molar-refractivity contribution in [3.63, 3.8) is 0 Å². The topological polar surface area (TPSA) is 94.9 Å². The lowest BCUT2D eigenvalue weighted by molar-refractivity contribution is -0.0373. The van der Waals surface area contributed by atoms with Gasteiger partial charge in [0, 0.05) is 36.6 Å². The maximum atomic E-state index is 13.3. The van der Waals surface area contributed by atoms with E-state index in [0.29, 0.717) is 19.6 Å². The molecule has 1 fully saturated rings. The van der Waals surface area contributed by atoms with Crippen molar-refractivity contribution in [2.75, 3.05) is 13.1 Å². The van der Waals surface area contributed by atoms with Crippen LogP contribution in [0.3, 0.4) is 0 Å². The summed E-state index contributed by atoms with van der Waals surface area (Å²) in [5, 5.41) is 7.94. The molecule has 146 valence electrons. The molecule has 0 radical (unpaired) electrons. The van der Waals surface area contributed by atoms with Crippen LogP contribution in [0.4, 0.5) is 4.39 Å². The molecule has 1 saturated heterocycles. The van der Waals surface area contributed by atoms with Gasteiger partial charge in [0.05, 0.1) is 18.8 Å². The highest BCUT2D eigenvalue weighted by Gasteiger charge is 2.51. The number of benzene rings is 1. The molecule has 3 heterocycles. The molecule has 1 unspecified atom stereocenters. The van der Waals surface area contributed by atoms with Crippen molar-refractivity contribution in [3.05, 3.63) is 60.2 Å². The summed E-state index contributed by atoms with van der Waals surface area (Å²) in [6, 6.07) is 5.96. The molecule has 0 saturated carbocycles. The van der Waals surface area contributed by atoms with Crippen LogP contribution in [0.1, 0.15) is 36.2 Å². The lowest BCUT2D eigenvalue weighted by Crippen LogP contribution is -2.58. The van der Waals surface area contributed by atoms with Crippen LogP contribution in [0, 0.1) is 11.2 Å². The minimum Gasteiger partial charge on any atom is -0.329 e. The van der Waals surface area contributed by atoms with E-state index in [1.807, 2.05) is 10.8 Å². The molecule has 28 heavy (non-hydrogen) atoms. The standard InChI is InChI=1S/C19H22FN7O/c1-19(2)12-27(18(28)15-11-25(9-7-21)24-23-15)16(19)17-22-8-10-26(17)14-5-3-13(20)4-6-14/h3-6,8,10-11,16H,7,9,12,21H2,1-2H3. The Bertz CT molecular complexity index is 992. The number of halogens is 1. The number of hydrogen-bond donors (Lipinski definition) is 1. The number of imidazole rings is 1. The number of carbonyl (C=O) groups excluding carboxylic acids is 1. The second kappa shape index (κ2) is 6.83. The van der Waals surface area contributed by atoms with E-state index in [4.69, 9.17) is 5.73 Å². The summed E-state index contributed by atoms with van der Waals surface area (Å²) in [5.41, 5.74) is 6.44. The zero-order valence-corrected chi connectivity index (χ0v) is 15.8. The van der Waals surface area contributed by atoms with Gasteiger partial charge in [-0.25, -0.2) is 9.37 Å². The molecule has 1 aliphatic heterocycles. The monoisotopic (exact) mass is 383 g/mol. The van der Waals surface area contributed by atoms with Gasteiger partial charge in [-0.1, -0.05) is 19.1 Å². The van der Waals surface area contributed by atoms with Crippen molar-refractivity contribution < 1.29 is 9.18 Å². The quantitative estimate of drug-likeness (QED) is 0.725. The van der Waals surface area contributed by atoms with Crippen molar-refractivity contribution in [1.82, 2.24) is 29.4 Å². The van der Waals surface area contributed by atoms with Crippen LogP contribution in [0.25, 0.3) is 5.69 Å². The van der Waals surface area contributed by atoms with E-state index >= 15 is 0 Å². The van der Waals surface area contributed by atoms with Gasteiger partial charge in [-0.05, 0) is 24.3 Å². The Morgan fingerprint density at radius 2 is 2.07 bits per heavy atom. The molecule has 4 rings (SSSR count). The number of nitrogens with two attached hydrogens (primary N) is 1. The first-order valence-electron chi connectivity index (χ1n) is 9.11. The maximum Gasteiger partial charge on any atom is 0.276 e. The SMILES string of the molecule is CC1(C)CN(C(=O)c2cn(CCN)nn2)C1c1nccn1-c1ccc(F)cc1. The predicted molar refractivity (Wildman–Crippen MR) is 100 cm³/mol. The van der Waals surface area contributed by atoms with Crippen LogP contribution in [-0.2, 0) is 6.54 Å². The molecular weight excluding hydrogens is 361 g/mol. The van der Waals surface area contributed by atoms with E-state index in [1.54, 1.807) is 34.1 Å². The molecule has 1 amide bonds. The second-order valence-corrected chi connectivity index (χ2v) is 7.61. The molecule has 9 heteroatoms. The minimum absolute atomic E-state index is 0.161. The number of amides is 1. The van der Waals surface area contributed by atoms with Gasteiger partial charge < -0.3 is 15.2 Å². The summed E-state index contributed by atoms with van der Waals surface area (Å²) in [6.45, 7) is 5.69. The normalized spacial score (nSPS) is 18.1. The van der Waals surface area contributed by atoms with E-state index in [1.165, 1.54) is 12.1 Å². The molecule has 8 nitrogen and oxygen atoms in total. The smallest absolute Gasteiger partial charge is 0.276 e. The average molecular weight is 383 g/mol. The lowest BCUT2D eigenvalue weighted by Gasteiger charge is -2.53. The third kappa shape index (κ3) is 3.07. The van der Waals surface area contributed by atoms with Crippen LogP contribution >= 0.6 is 0 Å². The maximum absolute atomic E-state index is 13.3. The summed E-state index contributed by atoms with van der Waals surface area (Å²) in [5.74, 6) is 0.235. The first-order chi connectivity index (χ1) is 13.4. The number of hydrogen-bond acceptors (Lipinski definition) is 5. The fraction of sp³-hybridized carbons (Fsp3) is 0.368. The van der Waals surface area contributed by atoms with Crippen LogP contribution in [0.2, 0.25) is 0 Å². The number of nitrogens with zero attached hydrogens (tertiary/aromatic N) is 6. The average Bonchev–Trinajstić information content (AvgIpc) is 3.30. The molecular formula is C19H22FN7O. The van der Waals surface area contributed by atoms with Gasteiger partial charge in [0.2, 0.25) is 0 Å². The van der Waals surface area contributed by atoms with Crippen molar-refractivity contribution >= 4 is 5.91 Å². The van der Waals surface area contributed by atoms with E-state index in [2.05, 4.69) is 29.1 Å². The van der Waals surface area contributed by atoms with Crippen LogP contribution < -0.4 is 5.73 Å². The van der Waals surface area contributed by atoms with Gasteiger partial charge in [0.1, 0.15) is 11.6 Å². The van der Waals surface area contributed by atoms with Crippen molar-refractivity contribution in [2.24, 2.45) is 11.1 Å². The van der Waals surface area contributed by atoms with Gasteiger partial charge in [-0.2, -0.15) is 0 Å². The second-order valence-electron chi connectivity index (χ2n) is 7.61. The molecule has 0 spiro atoms. The molecule has 1 aliphatic rings. The van der Waals surface area contributed by atoms with Gasteiger partial charge in [0.25, 0.3) is 5.91 Å². The highest BCUT2D eigenvalue weighted by atomic mass is 19.1. The largest absolute Gasteiger partial charge is 0.329 e. The van der Waals surface area contributed by atoms with Crippen LogP contribution in [-0.4, -0.2) is 48.4 Å². The fourth-order valence-electron chi connectivity index (χ4n) is 3.73. The fourth-order valence-corrected chi connectivity index (χ4v) is 3.73. The Morgan fingerprint density at radius 1 is 1.32 bits per heavy atom. The highest BCUT2D eigenvalue weighted by molar-refractivity contribution is 5.93. The Kier molecular flexibility index (Phi) is 4.46. The summed E-state index contributed by atoms with van der Waals surface area (Å²) in [6.07, 6.45) is 5.12. The van der Waals surface area contributed by atoms with Gasteiger partial charge in [-0.3, -0.25) is 9.48 Å². The molecule has 1 atom stereocenters. The third-order valence-electron chi connectivity index (χ3n) is 5.03. The first-order valence-corrected chi connectivity index (χ1v) is 9.11. The summed E-state index contributed by atoms with van der Waals surface area (Å²) in [7, 11) is 0. The third-order valence-corrected chi connectivity index (χ3v) is 5.03. The van der Waals surface area contributed by atoms with E-state index < -0.39 is 0 Å². The van der Waals surface area contributed by atoms with E-state index in [9.17, 15) is 9.18 Å². The molecule has 2 N–H and O–H groups in total. The number of likely N-dealkylation sites (tertiary alicyclic amines) is 1.